The Labute approximate surface area is 97.7 Å². The number of benzene rings is 1. The molecule has 1 aliphatic heterocycles. The van der Waals surface area contributed by atoms with E-state index in [1.807, 2.05) is 6.07 Å². The van der Waals surface area contributed by atoms with Gasteiger partial charge in [-0.3, -0.25) is 0 Å². The minimum absolute atomic E-state index is 0.346. The summed E-state index contributed by atoms with van der Waals surface area (Å²) in [6.07, 6.45) is 0.968. The summed E-state index contributed by atoms with van der Waals surface area (Å²) >= 11 is 0. The van der Waals surface area contributed by atoms with Crippen molar-refractivity contribution < 1.29 is 9.47 Å². The van der Waals surface area contributed by atoms with E-state index in [1.165, 1.54) is 16.6 Å². The minimum atomic E-state index is 0.346. The van der Waals surface area contributed by atoms with Gasteiger partial charge in [-0.1, -0.05) is 24.3 Å². The predicted molar refractivity (Wildman–Crippen MR) is 68.5 cm³/mol. The zero-order valence-corrected chi connectivity index (χ0v) is 9.95. The highest BCUT2D eigenvalue weighted by Gasteiger charge is 2.20. The van der Waals surface area contributed by atoms with E-state index in [1.54, 1.807) is 7.11 Å². The first kappa shape index (κ1) is 11.3. The molecule has 0 saturated carbocycles. The number of hydrogen-bond acceptors (Lipinski definition) is 2. The summed E-state index contributed by atoms with van der Waals surface area (Å²) in [5.41, 5.74) is 3.72. The summed E-state index contributed by atoms with van der Waals surface area (Å²) in [4.78, 5) is 0. The Morgan fingerprint density at radius 3 is 2.94 bits per heavy atom. The third-order valence-electron chi connectivity index (χ3n) is 3.17. The van der Waals surface area contributed by atoms with Crippen molar-refractivity contribution >= 4 is 13.3 Å². The van der Waals surface area contributed by atoms with Gasteiger partial charge in [0.15, 0.2) is 0 Å². The van der Waals surface area contributed by atoms with Crippen molar-refractivity contribution in [2.24, 2.45) is 0 Å². The van der Waals surface area contributed by atoms with E-state index < -0.39 is 0 Å². The summed E-state index contributed by atoms with van der Waals surface area (Å²) in [7, 11) is 3.76. The molecule has 1 fully saturated rings. The molecule has 1 aromatic carbocycles. The van der Waals surface area contributed by atoms with Gasteiger partial charge in [0.25, 0.3) is 0 Å². The summed E-state index contributed by atoms with van der Waals surface area (Å²) in [6, 6.07) is 6.30. The van der Waals surface area contributed by atoms with Crippen molar-refractivity contribution in [3.05, 3.63) is 35.9 Å². The van der Waals surface area contributed by atoms with Crippen LogP contribution in [-0.4, -0.2) is 28.2 Å². The average molecular weight is 216 g/mol. The highest BCUT2D eigenvalue weighted by Crippen LogP contribution is 2.29. The Morgan fingerprint density at radius 1 is 1.50 bits per heavy atom. The Bertz CT molecular complexity index is 401. The van der Waals surface area contributed by atoms with Crippen molar-refractivity contribution in [3.8, 4) is 5.75 Å². The van der Waals surface area contributed by atoms with Gasteiger partial charge in [0, 0.05) is 5.92 Å². The fourth-order valence-electron chi connectivity index (χ4n) is 2.15. The lowest BCUT2D eigenvalue weighted by Crippen LogP contribution is -2.19. The fraction of sp³-hybridized carbons (Fsp3) is 0.385. The minimum Gasteiger partial charge on any atom is -0.497 e. The Hall–Kier alpha value is -1.22. The molecule has 1 aromatic rings. The first-order valence-electron chi connectivity index (χ1n) is 5.62. The van der Waals surface area contributed by atoms with Crippen LogP contribution in [0.3, 0.4) is 0 Å². The Kier molecular flexibility index (Phi) is 3.35. The van der Waals surface area contributed by atoms with Gasteiger partial charge in [0.2, 0.25) is 0 Å². The Morgan fingerprint density at radius 2 is 2.31 bits per heavy atom. The van der Waals surface area contributed by atoms with Crippen LogP contribution in [0.2, 0.25) is 0 Å². The molecule has 84 valence electrons. The van der Waals surface area contributed by atoms with E-state index in [4.69, 9.17) is 9.47 Å². The third-order valence-corrected chi connectivity index (χ3v) is 3.17. The van der Waals surface area contributed by atoms with E-state index in [9.17, 15) is 0 Å². The lowest BCUT2D eigenvalue weighted by Gasteiger charge is -2.25. The quantitative estimate of drug-likeness (QED) is 0.542. The number of hydrogen-bond donors (Lipinski definition) is 0. The molecule has 0 radical (unpaired) electrons. The third kappa shape index (κ3) is 2.14. The smallest absolute Gasteiger partial charge is 0.144 e. The van der Waals surface area contributed by atoms with Gasteiger partial charge in [-0.15, -0.1) is 0 Å². The maximum atomic E-state index is 5.51. The zero-order valence-electron chi connectivity index (χ0n) is 9.95. The molecule has 3 heteroatoms. The van der Waals surface area contributed by atoms with Crippen molar-refractivity contribution in [1.82, 2.24) is 0 Å². The molecule has 1 heterocycles. The predicted octanol–water partition coefficient (Wildman–Crippen LogP) is 1.01. The monoisotopic (exact) mass is 216 g/mol. The largest absolute Gasteiger partial charge is 0.497 e. The molecule has 2 rings (SSSR count). The molecule has 0 aromatic heterocycles. The first-order chi connectivity index (χ1) is 7.72. The van der Waals surface area contributed by atoms with Gasteiger partial charge < -0.3 is 9.47 Å². The summed E-state index contributed by atoms with van der Waals surface area (Å²) < 4.78 is 10.8. The molecule has 0 N–H and O–H groups in total. The normalized spacial score (nSPS) is 20.8. The lowest BCUT2D eigenvalue weighted by molar-refractivity contribution is 0.106. The number of ether oxygens (including phenoxy) is 2. The number of rotatable bonds is 2. The molecule has 1 unspecified atom stereocenters. The second-order valence-corrected chi connectivity index (χ2v) is 4.26. The van der Waals surface area contributed by atoms with Gasteiger partial charge >= 0.3 is 0 Å². The van der Waals surface area contributed by atoms with Gasteiger partial charge in [-0.25, -0.2) is 0 Å². The molecule has 1 atom stereocenters. The fourth-order valence-corrected chi connectivity index (χ4v) is 2.15. The summed E-state index contributed by atoms with van der Waals surface area (Å²) in [5, 5.41) is 0. The first-order valence-corrected chi connectivity index (χ1v) is 5.62. The van der Waals surface area contributed by atoms with Crippen molar-refractivity contribution in [2.75, 3.05) is 20.3 Å². The highest BCUT2D eigenvalue weighted by molar-refractivity contribution is 6.34. The maximum Gasteiger partial charge on any atom is 0.144 e. The van der Waals surface area contributed by atoms with Crippen LogP contribution in [0.25, 0.3) is 0 Å². The summed E-state index contributed by atoms with van der Waals surface area (Å²) in [6.45, 7) is 5.70. The second-order valence-electron chi connectivity index (χ2n) is 4.26. The molecule has 0 amide bonds. The van der Waals surface area contributed by atoms with E-state index in [2.05, 4.69) is 26.6 Å². The van der Waals surface area contributed by atoms with Gasteiger partial charge in [-0.2, -0.15) is 0 Å². The molecule has 0 aliphatic carbocycles. The standard InChI is InChI=1S/C13H17BO2/c1-9-5-6-16-8-11(9)10-3-4-13(15-2)12(14)7-10/h3-4,7,11H,1,5-6,8,14H2,2H3. The average Bonchev–Trinajstić information content (AvgIpc) is 2.29. The maximum absolute atomic E-state index is 5.51. The van der Waals surface area contributed by atoms with Crippen molar-refractivity contribution in [2.45, 2.75) is 12.3 Å². The van der Waals surface area contributed by atoms with E-state index >= 15 is 0 Å². The highest BCUT2D eigenvalue weighted by atomic mass is 16.5. The molecular formula is C13H17BO2. The summed E-state index contributed by atoms with van der Waals surface area (Å²) in [5.74, 6) is 1.28. The van der Waals surface area contributed by atoms with Crippen LogP contribution < -0.4 is 10.2 Å². The molecule has 1 saturated heterocycles. The number of methoxy groups -OCH3 is 1. The molecule has 0 spiro atoms. The van der Waals surface area contributed by atoms with Crippen molar-refractivity contribution in [3.63, 3.8) is 0 Å². The van der Waals surface area contributed by atoms with Gasteiger partial charge in [0.05, 0.1) is 20.3 Å². The van der Waals surface area contributed by atoms with E-state index in [-0.39, 0.29) is 0 Å². The molecule has 16 heavy (non-hydrogen) atoms. The second kappa shape index (κ2) is 4.75. The van der Waals surface area contributed by atoms with Crippen LogP contribution in [0.4, 0.5) is 0 Å². The van der Waals surface area contributed by atoms with Crippen LogP contribution >= 0.6 is 0 Å². The zero-order chi connectivity index (χ0) is 11.5. The topological polar surface area (TPSA) is 18.5 Å². The molecule has 2 nitrogen and oxygen atoms in total. The molecule has 0 bridgehead atoms. The molecular weight excluding hydrogens is 199 g/mol. The lowest BCUT2D eigenvalue weighted by atomic mass is 9.85. The molecule has 1 aliphatic rings. The van der Waals surface area contributed by atoms with E-state index in [0.717, 1.165) is 25.4 Å². The van der Waals surface area contributed by atoms with E-state index in [0.29, 0.717) is 5.92 Å². The van der Waals surface area contributed by atoms with Crippen LogP contribution in [0.5, 0.6) is 5.75 Å². The van der Waals surface area contributed by atoms with Crippen LogP contribution in [0.15, 0.2) is 30.4 Å². The SMILES string of the molecule is Bc1cc(C2COCCC2=C)ccc1OC. The van der Waals surface area contributed by atoms with Crippen molar-refractivity contribution in [1.29, 1.82) is 0 Å². The van der Waals surface area contributed by atoms with Crippen LogP contribution in [0.1, 0.15) is 17.9 Å². The van der Waals surface area contributed by atoms with Gasteiger partial charge in [-0.05, 0) is 23.5 Å². The Balaban J connectivity index is 2.26. The van der Waals surface area contributed by atoms with Gasteiger partial charge in [0.1, 0.15) is 13.6 Å². The van der Waals surface area contributed by atoms with Crippen LogP contribution in [0, 0.1) is 0 Å². The van der Waals surface area contributed by atoms with Crippen LogP contribution in [-0.2, 0) is 4.74 Å².